The number of nitrogens with zero attached hydrogens (tertiary/aromatic N) is 3. The summed E-state index contributed by atoms with van der Waals surface area (Å²) in [7, 11) is 1.36. The van der Waals surface area contributed by atoms with E-state index in [1.54, 1.807) is 18.3 Å². The van der Waals surface area contributed by atoms with E-state index in [0.717, 1.165) is 17.1 Å². The summed E-state index contributed by atoms with van der Waals surface area (Å²) in [6, 6.07) is 13.7. The van der Waals surface area contributed by atoms with E-state index in [-0.39, 0.29) is 29.5 Å². The monoisotopic (exact) mass is 458 g/mol. The largest absolute Gasteiger partial charge is 0.469 e. The van der Waals surface area contributed by atoms with Crippen LogP contribution in [0.25, 0.3) is 5.69 Å². The van der Waals surface area contributed by atoms with Crippen LogP contribution in [0.3, 0.4) is 0 Å². The number of thiocarbonyl (C=S) groups is 1. The fraction of sp³-hybridized carbons (Fsp3) is 0.227. The zero-order valence-electron chi connectivity index (χ0n) is 16.7. The first-order valence-corrected chi connectivity index (χ1v) is 10.5. The van der Waals surface area contributed by atoms with Gasteiger partial charge < -0.3 is 19.5 Å². The lowest BCUT2D eigenvalue weighted by Crippen LogP contribution is -2.32. The molecule has 0 spiro atoms. The Kier molecular flexibility index (Phi) is 6.20. The SMILES string of the molecule is COC(=O)CCN1C(=S)N[C@@H](c2ccccn2)[C@H]1c1cccn1-c1ccc(F)c(Cl)c1. The summed E-state index contributed by atoms with van der Waals surface area (Å²) in [4.78, 5) is 18.3. The number of benzene rings is 1. The number of pyridine rings is 1. The Labute approximate surface area is 189 Å². The summed E-state index contributed by atoms with van der Waals surface area (Å²) in [6.45, 7) is 0.377. The summed E-state index contributed by atoms with van der Waals surface area (Å²) >= 11 is 11.6. The van der Waals surface area contributed by atoms with E-state index in [9.17, 15) is 9.18 Å². The highest BCUT2D eigenvalue weighted by Gasteiger charge is 2.41. The molecule has 9 heteroatoms. The first-order valence-electron chi connectivity index (χ1n) is 9.67. The van der Waals surface area contributed by atoms with Gasteiger partial charge in [-0.2, -0.15) is 0 Å². The van der Waals surface area contributed by atoms with Crippen LogP contribution >= 0.6 is 23.8 Å². The van der Waals surface area contributed by atoms with Gasteiger partial charge in [0.15, 0.2) is 5.11 Å². The van der Waals surface area contributed by atoms with E-state index in [1.807, 2.05) is 46.0 Å². The fourth-order valence-electron chi connectivity index (χ4n) is 3.79. The third-order valence-electron chi connectivity index (χ3n) is 5.25. The number of ether oxygens (including phenoxy) is 1. The van der Waals surface area contributed by atoms with Crippen molar-refractivity contribution >= 4 is 34.9 Å². The maximum Gasteiger partial charge on any atom is 0.307 e. The molecule has 0 radical (unpaired) electrons. The second-order valence-electron chi connectivity index (χ2n) is 7.05. The Morgan fingerprint density at radius 2 is 2.13 bits per heavy atom. The molecule has 3 aromatic rings. The van der Waals surface area contributed by atoms with Gasteiger partial charge in [0.25, 0.3) is 0 Å². The summed E-state index contributed by atoms with van der Waals surface area (Å²) in [5.74, 6) is -0.794. The highest BCUT2D eigenvalue weighted by atomic mass is 35.5. The van der Waals surface area contributed by atoms with Gasteiger partial charge in [-0.05, 0) is 54.7 Å². The fourth-order valence-corrected chi connectivity index (χ4v) is 4.29. The van der Waals surface area contributed by atoms with E-state index >= 15 is 0 Å². The number of hydrogen-bond donors (Lipinski definition) is 1. The number of rotatable bonds is 6. The number of aromatic nitrogens is 2. The lowest BCUT2D eigenvalue weighted by Gasteiger charge is -2.28. The van der Waals surface area contributed by atoms with Crippen molar-refractivity contribution in [1.29, 1.82) is 0 Å². The lowest BCUT2D eigenvalue weighted by molar-refractivity contribution is -0.140. The number of nitrogens with one attached hydrogen (secondary N) is 1. The zero-order chi connectivity index (χ0) is 22.0. The molecule has 1 fully saturated rings. The molecule has 31 heavy (non-hydrogen) atoms. The van der Waals surface area contributed by atoms with E-state index in [0.29, 0.717) is 11.7 Å². The minimum Gasteiger partial charge on any atom is -0.469 e. The van der Waals surface area contributed by atoms with Gasteiger partial charge in [-0.25, -0.2) is 4.39 Å². The molecule has 0 unspecified atom stereocenters. The molecule has 1 aliphatic heterocycles. The first-order chi connectivity index (χ1) is 15.0. The minimum absolute atomic E-state index is 0.0426. The average Bonchev–Trinajstić information content (AvgIpc) is 3.38. The Morgan fingerprint density at radius 3 is 2.84 bits per heavy atom. The van der Waals surface area contributed by atoms with Crippen LogP contribution in [-0.4, -0.2) is 39.2 Å². The molecule has 1 N–H and O–H groups in total. The van der Waals surface area contributed by atoms with Crippen molar-refractivity contribution in [2.24, 2.45) is 0 Å². The maximum atomic E-state index is 13.7. The molecule has 0 saturated carbocycles. The van der Waals surface area contributed by atoms with Gasteiger partial charge in [-0.3, -0.25) is 9.78 Å². The van der Waals surface area contributed by atoms with Crippen LogP contribution in [0.15, 0.2) is 60.9 Å². The van der Waals surface area contributed by atoms with Crippen molar-refractivity contribution < 1.29 is 13.9 Å². The maximum absolute atomic E-state index is 13.7. The standard InChI is InChI=1S/C22H20ClFN4O2S/c1-30-19(29)9-12-28-21(20(26-22(28)31)17-5-2-3-10-25-17)18-6-4-11-27(18)14-7-8-16(24)15(23)13-14/h2-8,10-11,13,20-21H,9,12H2,1H3,(H,26,31)/t20-,21+/m0/s1. The van der Waals surface area contributed by atoms with Gasteiger partial charge in [0.2, 0.25) is 0 Å². The van der Waals surface area contributed by atoms with Crippen molar-refractivity contribution in [3.8, 4) is 5.69 Å². The highest BCUT2D eigenvalue weighted by Crippen LogP contribution is 2.39. The molecule has 0 amide bonds. The Balaban J connectivity index is 1.77. The zero-order valence-corrected chi connectivity index (χ0v) is 18.2. The van der Waals surface area contributed by atoms with Crippen LogP contribution in [0, 0.1) is 5.82 Å². The predicted octanol–water partition coefficient (Wildman–Crippen LogP) is 4.20. The molecule has 2 atom stereocenters. The molecular weight excluding hydrogens is 439 g/mol. The topological polar surface area (TPSA) is 59.4 Å². The smallest absolute Gasteiger partial charge is 0.307 e. The van der Waals surface area contributed by atoms with Gasteiger partial charge in [0.05, 0.1) is 36.3 Å². The normalized spacial score (nSPS) is 18.2. The number of hydrogen-bond acceptors (Lipinski definition) is 4. The molecule has 1 saturated heterocycles. The van der Waals surface area contributed by atoms with Gasteiger partial charge in [-0.15, -0.1) is 0 Å². The molecular formula is C22H20ClFN4O2S. The van der Waals surface area contributed by atoms with Crippen molar-refractivity contribution in [3.63, 3.8) is 0 Å². The molecule has 4 rings (SSSR count). The van der Waals surface area contributed by atoms with E-state index in [1.165, 1.54) is 13.2 Å². The van der Waals surface area contributed by atoms with Crippen LogP contribution in [-0.2, 0) is 9.53 Å². The summed E-state index contributed by atoms with van der Waals surface area (Å²) in [5.41, 5.74) is 2.44. The van der Waals surface area contributed by atoms with E-state index in [2.05, 4.69) is 10.3 Å². The minimum atomic E-state index is -0.478. The Hall–Kier alpha value is -2.97. The molecule has 6 nitrogen and oxygen atoms in total. The van der Waals surface area contributed by atoms with Crippen molar-refractivity contribution in [1.82, 2.24) is 19.8 Å². The molecule has 3 heterocycles. The number of methoxy groups -OCH3 is 1. The third-order valence-corrected chi connectivity index (χ3v) is 5.89. The Morgan fingerprint density at radius 1 is 1.29 bits per heavy atom. The van der Waals surface area contributed by atoms with Crippen LogP contribution in [0.5, 0.6) is 0 Å². The molecule has 2 aromatic heterocycles. The lowest BCUT2D eigenvalue weighted by atomic mass is 10.0. The predicted molar refractivity (Wildman–Crippen MR) is 120 cm³/mol. The van der Waals surface area contributed by atoms with Gasteiger partial charge >= 0.3 is 5.97 Å². The summed E-state index contributed by atoms with van der Waals surface area (Å²) < 4.78 is 20.5. The van der Waals surface area contributed by atoms with Crippen molar-refractivity contribution in [2.75, 3.05) is 13.7 Å². The van der Waals surface area contributed by atoms with Crippen LogP contribution in [0.4, 0.5) is 4.39 Å². The van der Waals surface area contributed by atoms with Crippen molar-refractivity contribution in [2.45, 2.75) is 18.5 Å². The Bertz CT molecular complexity index is 1110. The second-order valence-corrected chi connectivity index (χ2v) is 7.84. The molecule has 0 bridgehead atoms. The van der Waals surface area contributed by atoms with Crippen LogP contribution in [0.2, 0.25) is 5.02 Å². The number of carbonyl (C=O) groups excluding carboxylic acids is 1. The number of carbonyl (C=O) groups is 1. The van der Waals surface area contributed by atoms with Gasteiger partial charge in [0.1, 0.15) is 5.82 Å². The van der Waals surface area contributed by atoms with Gasteiger partial charge in [-0.1, -0.05) is 17.7 Å². The second kappa shape index (κ2) is 9.03. The third kappa shape index (κ3) is 4.26. The van der Waals surface area contributed by atoms with E-state index in [4.69, 9.17) is 28.6 Å². The number of esters is 1. The van der Waals surface area contributed by atoms with Crippen LogP contribution < -0.4 is 5.32 Å². The summed E-state index contributed by atoms with van der Waals surface area (Å²) in [6.07, 6.45) is 3.80. The molecule has 160 valence electrons. The quantitative estimate of drug-likeness (QED) is 0.441. The van der Waals surface area contributed by atoms with E-state index < -0.39 is 5.82 Å². The average molecular weight is 459 g/mol. The molecule has 1 aliphatic rings. The first kappa shape index (κ1) is 21.3. The van der Waals surface area contributed by atoms with Crippen molar-refractivity contribution in [3.05, 3.63) is 83.2 Å². The molecule has 0 aliphatic carbocycles. The summed E-state index contributed by atoms with van der Waals surface area (Å²) in [5, 5.41) is 3.91. The number of halogens is 2. The van der Waals surface area contributed by atoms with Gasteiger partial charge in [0, 0.05) is 30.3 Å². The molecule has 1 aromatic carbocycles. The van der Waals surface area contributed by atoms with Crippen LogP contribution in [0.1, 0.15) is 29.9 Å². The highest BCUT2D eigenvalue weighted by molar-refractivity contribution is 7.80.